The largest absolute Gasteiger partial charge is 0.462 e. The molecule has 2 nitrogen and oxygen atoms in total. The molecule has 2 aromatic carbocycles. The van der Waals surface area contributed by atoms with Crippen LogP contribution in [-0.4, -0.2) is 11.9 Å². The van der Waals surface area contributed by atoms with Crippen molar-refractivity contribution in [2.45, 2.75) is 25.6 Å². The molecule has 1 N–H and O–H groups in total. The molecule has 0 atom stereocenters. The second-order valence-corrected chi connectivity index (χ2v) is 5.50. The lowest BCUT2D eigenvalue weighted by atomic mass is 9.61. The summed E-state index contributed by atoms with van der Waals surface area (Å²) in [6, 6.07) is 16.0. The van der Waals surface area contributed by atoms with Gasteiger partial charge in [-0.15, -0.1) is 0 Å². The van der Waals surface area contributed by atoms with Crippen molar-refractivity contribution in [1.29, 1.82) is 0 Å². The maximum absolute atomic E-state index is 10.1. The highest BCUT2D eigenvalue weighted by atomic mass is 16.5. The second-order valence-electron chi connectivity index (χ2n) is 5.50. The van der Waals surface area contributed by atoms with E-state index in [9.17, 15) is 5.02 Å². The van der Waals surface area contributed by atoms with Crippen LogP contribution >= 0.6 is 0 Å². The van der Waals surface area contributed by atoms with E-state index < -0.39 is 0 Å². The van der Waals surface area contributed by atoms with Gasteiger partial charge in [-0.2, -0.15) is 0 Å². The van der Waals surface area contributed by atoms with E-state index in [0.717, 1.165) is 42.6 Å². The summed E-state index contributed by atoms with van der Waals surface area (Å²) in [4.78, 5) is 0. The van der Waals surface area contributed by atoms with Gasteiger partial charge in [0, 0.05) is 6.42 Å². The Kier molecular flexibility index (Phi) is 4.12. The van der Waals surface area contributed by atoms with E-state index in [0.29, 0.717) is 0 Å². The first kappa shape index (κ1) is 14.0. The molecule has 21 heavy (non-hydrogen) atoms. The van der Waals surface area contributed by atoms with Gasteiger partial charge in [0.1, 0.15) is 5.75 Å². The number of ether oxygens (including phenoxy) is 1. The van der Waals surface area contributed by atoms with Crippen LogP contribution in [0.1, 0.15) is 17.5 Å². The predicted octanol–water partition coefficient (Wildman–Crippen LogP) is 2.96. The molecule has 0 saturated heterocycles. The van der Waals surface area contributed by atoms with Crippen LogP contribution in [0.15, 0.2) is 60.9 Å². The number of rotatable bonds is 5. The Morgan fingerprint density at radius 2 is 1.95 bits per heavy atom. The Morgan fingerprint density at radius 1 is 1.14 bits per heavy atom. The van der Waals surface area contributed by atoms with Crippen LogP contribution in [0.2, 0.25) is 6.32 Å². The van der Waals surface area contributed by atoms with Crippen LogP contribution in [0.25, 0.3) is 0 Å². The van der Waals surface area contributed by atoms with Gasteiger partial charge in [-0.3, -0.25) is 0 Å². The van der Waals surface area contributed by atoms with Gasteiger partial charge in [-0.25, -0.2) is 0 Å². The molecular formula is C18H19BO2. The molecular weight excluding hydrogens is 259 g/mol. The molecule has 106 valence electrons. The van der Waals surface area contributed by atoms with Crippen molar-refractivity contribution < 1.29 is 9.76 Å². The highest BCUT2D eigenvalue weighted by Gasteiger charge is 2.27. The maximum Gasteiger partial charge on any atom is 0.324 e. The van der Waals surface area contributed by atoms with Crippen molar-refractivity contribution in [2.24, 2.45) is 0 Å². The fourth-order valence-electron chi connectivity index (χ4n) is 2.95. The van der Waals surface area contributed by atoms with E-state index in [-0.39, 0.29) is 6.92 Å². The minimum atomic E-state index is -0.306. The number of hydrogen-bond donors (Lipinski definition) is 1. The van der Waals surface area contributed by atoms with Gasteiger partial charge >= 0.3 is 6.92 Å². The summed E-state index contributed by atoms with van der Waals surface area (Å²) in [6.07, 6.45) is 3.43. The average molecular weight is 278 g/mol. The lowest BCUT2D eigenvalue weighted by Crippen LogP contribution is -2.29. The Morgan fingerprint density at radius 3 is 2.76 bits per heavy atom. The van der Waals surface area contributed by atoms with Crippen LogP contribution in [0.5, 0.6) is 5.75 Å². The van der Waals surface area contributed by atoms with Crippen molar-refractivity contribution in [2.75, 3.05) is 0 Å². The number of aryl methyl sites for hydroxylation is 2. The number of fused-ring (bicyclic) bond motifs is 1. The number of hydrogen-bond acceptors (Lipinski definition) is 2. The molecule has 0 bridgehead atoms. The zero-order valence-corrected chi connectivity index (χ0v) is 12.1. The average Bonchev–Trinajstić information content (AvgIpc) is 2.88. The normalized spacial score (nSPS) is 13.1. The Labute approximate surface area is 126 Å². The fourth-order valence-corrected chi connectivity index (χ4v) is 2.95. The molecule has 0 aliphatic carbocycles. The summed E-state index contributed by atoms with van der Waals surface area (Å²) in [6.45, 7) is 3.69. The summed E-state index contributed by atoms with van der Waals surface area (Å²) < 4.78 is 5.73. The van der Waals surface area contributed by atoms with Gasteiger partial charge < -0.3 is 9.76 Å². The summed E-state index contributed by atoms with van der Waals surface area (Å²) in [5, 5.41) is 10.1. The zero-order valence-electron chi connectivity index (χ0n) is 12.1. The van der Waals surface area contributed by atoms with Crippen LogP contribution in [0.3, 0.4) is 0 Å². The highest BCUT2D eigenvalue weighted by molar-refractivity contribution is 6.68. The Balaban J connectivity index is 1.64. The van der Waals surface area contributed by atoms with E-state index >= 15 is 0 Å². The molecule has 0 unspecified atom stereocenters. The molecule has 0 fully saturated rings. The van der Waals surface area contributed by atoms with Crippen molar-refractivity contribution in [3.8, 4) is 5.75 Å². The van der Waals surface area contributed by atoms with E-state index in [4.69, 9.17) is 4.74 Å². The number of para-hydroxylation sites is 1. The minimum absolute atomic E-state index is 0.306. The standard InChI is InChI=1S/C18H19BO2/c1-14(21-17-8-3-2-4-9-17)10-11-15-6-5-7-16-12-13-19(20)18(15)16/h2-9,20H,1,10-13H2. The molecule has 0 radical (unpaired) electrons. The first-order valence-corrected chi connectivity index (χ1v) is 7.43. The lowest BCUT2D eigenvalue weighted by Gasteiger charge is -2.12. The maximum atomic E-state index is 10.1. The van der Waals surface area contributed by atoms with Crippen molar-refractivity contribution >= 4 is 12.4 Å². The molecule has 0 saturated carbocycles. The van der Waals surface area contributed by atoms with Crippen LogP contribution in [0, 0.1) is 0 Å². The second kappa shape index (κ2) is 6.19. The summed E-state index contributed by atoms with van der Waals surface area (Å²) in [5.74, 6) is 1.58. The smallest absolute Gasteiger partial charge is 0.324 e. The van der Waals surface area contributed by atoms with E-state index in [2.05, 4.69) is 24.8 Å². The summed E-state index contributed by atoms with van der Waals surface area (Å²) >= 11 is 0. The van der Waals surface area contributed by atoms with Gasteiger partial charge in [-0.05, 0) is 36.8 Å². The van der Waals surface area contributed by atoms with E-state index in [1.165, 1.54) is 11.1 Å². The first-order chi connectivity index (χ1) is 10.2. The molecule has 2 aromatic rings. The summed E-state index contributed by atoms with van der Waals surface area (Å²) in [5.41, 5.74) is 3.63. The van der Waals surface area contributed by atoms with Crippen molar-refractivity contribution in [1.82, 2.24) is 0 Å². The van der Waals surface area contributed by atoms with Crippen LogP contribution in [-0.2, 0) is 12.8 Å². The molecule has 3 heteroatoms. The van der Waals surface area contributed by atoms with Crippen LogP contribution in [0.4, 0.5) is 0 Å². The molecule has 3 rings (SSSR count). The van der Waals surface area contributed by atoms with Crippen molar-refractivity contribution in [3.63, 3.8) is 0 Å². The van der Waals surface area contributed by atoms with Gasteiger partial charge in [0.05, 0.1) is 5.76 Å². The zero-order chi connectivity index (χ0) is 14.7. The SMILES string of the molecule is C=C(CCc1cccc2c1B(O)CC2)Oc1ccccc1. The third-order valence-corrected chi connectivity index (χ3v) is 3.99. The lowest BCUT2D eigenvalue weighted by molar-refractivity contribution is 0.406. The monoisotopic (exact) mass is 278 g/mol. The van der Waals surface area contributed by atoms with Gasteiger partial charge in [-0.1, -0.05) is 54.1 Å². The molecule has 0 spiro atoms. The van der Waals surface area contributed by atoms with Gasteiger partial charge in [0.25, 0.3) is 0 Å². The molecule has 1 aliphatic heterocycles. The molecule has 1 heterocycles. The minimum Gasteiger partial charge on any atom is -0.462 e. The number of benzene rings is 2. The van der Waals surface area contributed by atoms with Crippen LogP contribution < -0.4 is 10.2 Å². The predicted molar refractivity (Wildman–Crippen MR) is 87.1 cm³/mol. The third-order valence-electron chi connectivity index (χ3n) is 3.99. The fraction of sp³-hybridized carbons (Fsp3) is 0.222. The first-order valence-electron chi connectivity index (χ1n) is 7.43. The molecule has 1 aliphatic rings. The van der Waals surface area contributed by atoms with E-state index in [1.54, 1.807) is 0 Å². The Hall–Kier alpha value is -2.00. The topological polar surface area (TPSA) is 29.5 Å². The Bertz CT molecular complexity index is 637. The number of allylic oxidation sites excluding steroid dienone is 1. The van der Waals surface area contributed by atoms with E-state index in [1.807, 2.05) is 30.3 Å². The summed E-state index contributed by atoms with van der Waals surface area (Å²) in [7, 11) is 0. The van der Waals surface area contributed by atoms with Gasteiger partial charge in [0.15, 0.2) is 0 Å². The third kappa shape index (κ3) is 3.19. The molecule has 0 amide bonds. The highest BCUT2D eigenvalue weighted by Crippen LogP contribution is 2.19. The molecule has 0 aromatic heterocycles. The quantitative estimate of drug-likeness (QED) is 0.673. The van der Waals surface area contributed by atoms with Gasteiger partial charge in [0.2, 0.25) is 0 Å². The van der Waals surface area contributed by atoms with Crippen molar-refractivity contribution in [3.05, 3.63) is 72.0 Å².